The van der Waals surface area contributed by atoms with Crippen LogP contribution in [0.4, 0.5) is 0 Å². The van der Waals surface area contributed by atoms with E-state index in [0.29, 0.717) is 0 Å². The standard InChI is InChI=1S/C10H10O4S/c1-2-10(8-11)15(12,13)14-9-6-4-3-5-7-9/h2-8,10H,1H2. The summed E-state index contributed by atoms with van der Waals surface area (Å²) in [5.74, 6) is 0.172. The van der Waals surface area contributed by atoms with E-state index in [1.807, 2.05) is 0 Å². The van der Waals surface area contributed by atoms with Gasteiger partial charge in [0.1, 0.15) is 12.0 Å². The molecular formula is C10H10O4S. The molecule has 1 aromatic carbocycles. The van der Waals surface area contributed by atoms with Crippen LogP contribution >= 0.6 is 0 Å². The van der Waals surface area contributed by atoms with Crippen molar-refractivity contribution in [2.24, 2.45) is 0 Å². The van der Waals surface area contributed by atoms with Crippen LogP contribution in [0.5, 0.6) is 5.75 Å². The van der Waals surface area contributed by atoms with Gasteiger partial charge in [-0.2, -0.15) is 8.42 Å². The van der Waals surface area contributed by atoms with Gasteiger partial charge in [0.15, 0.2) is 5.25 Å². The van der Waals surface area contributed by atoms with Crippen molar-refractivity contribution in [1.82, 2.24) is 0 Å². The summed E-state index contributed by atoms with van der Waals surface area (Å²) >= 11 is 0. The maximum absolute atomic E-state index is 11.4. The van der Waals surface area contributed by atoms with Crippen molar-refractivity contribution in [2.75, 3.05) is 0 Å². The Morgan fingerprint density at radius 3 is 2.33 bits per heavy atom. The summed E-state index contributed by atoms with van der Waals surface area (Å²) in [7, 11) is -3.96. The molecule has 0 heterocycles. The molecule has 1 unspecified atom stereocenters. The van der Waals surface area contributed by atoms with Crippen LogP contribution in [-0.4, -0.2) is 20.0 Å². The van der Waals surface area contributed by atoms with Gasteiger partial charge in [-0.05, 0) is 12.1 Å². The third-order valence-electron chi connectivity index (χ3n) is 1.66. The van der Waals surface area contributed by atoms with Gasteiger partial charge in [-0.15, -0.1) is 6.58 Å². The zero-order valence-electron chi connectivity index (χ0n) is 7.87. The van der Waals surface area contributed by atoms with Crippen LogP contribution in [0.3, 0.4) is 0 Å². The second-order valence-corrected chi connectivity index (χ2v) is 4.42. The second kappa shape index (κ2) is 4.75. The highest BCUT2D eigenvalue weighted by molar-refractivity contribution is 7.88. The molecule has 0 radical (unpaired) electrons. The van der Waals surface area contributed by atoms with Crippen LogP contribution in [0.1, 0.15) is 0 Å². The average molecular weight is 226 g/mol. The SMILES string of the molecule is C=CC(C=O)S(=O)(=O)Oc1ccccc1. The Kier molecular flexibility index (Phi) is 3.62. The minimum absolute atomic E-state index is 0.172. The first-order chi connectivity index (χ1) is 7.10. The molecule has 0 aliphatic carbocycles. The molecule has 0 saturated heterocycles. The van der Waals surface area contributed by atoms with E-state index in [-0.39, 0.29) is 12.0 Å². The van der Waals surface area contributed by atoms with Crippen LogP contribution < -0.4 is 4.18 Å². The molecule has 0 N–H and O–H groups in total. The molecule has 0 saturated carbocycles. The summed E-state index contributed by atoms with van der Waals surface area (Å²) < 4.78 is 27.6. The quantitative estimate of drug-likeness (QED) is 0.429. The van der Waals surface area contributed by atoms with Crippen LogP contribution in [0.2, 0.25) is 0 Å². The smallest absolute Gasteiger partial charge is 0.322 e. The number of carbonyl (C=O) groups is 1. The van der Waals surface area contributed by atoms with Crippen molar-refractivity contribution in [3.63, 3.8) is 0 Å². The molecule has 1 atom stereocenters. The molecule has 15 heavy (non-hydrogen) atoms. The van der Waals surface area contributed by atoms with Crippen molar-refractivity contribution in [3.8, 4) is 5.75 Å². The molecule has 0 aliphatic rings. The normalized spacial score (nSPS) is 12.8. The number of hydrogen-bond donors (Lipinski definition) is 0. The number of benzene rings is 1. The largest absolute Gasteiger partial charge is 0.382 e. The van der Waals surface area contributed by atoms with Gasteiger partial charge in [0.2, 0.25) is 0 Å². The number of hydrogen-bond acceptors (Lipinski definition) is 4. The molecule has 0 aromatic heterocycles. The third kappa shape index (κ3) is 2.92. The monoisotopic (exact) mass is 226 g/mol. The summed E-state index contributed by atoms with van der Waals surface area (Å²) in [4.78, 5) is 10.4. The molecule has 1 rings (SSSR count). The summed E-state index contributed by atoms with van der Waals surface area (Å²) in [6, 6.07) is 7.97. The molecule has 0 amide bonds. The van der Waals surface area contributed by atoms with Crippen LogP contribution in [0.15, 0.2) is 43.0 Å². The zero-order chi connectivity index (χ0) is 11.3. The van der Waals surface area contributed by atoms with E-state index in [0.717, 1.165) is 6.08 Å². The maximum atomic E-state index is 11.4. The molecule has 0 aliphatic heterocycles. The minimum Gasteiger partial charge on any atom is -0.382 e. The van der Waals surface area contributed by atoms with E-state index >= 15 is 0 Å². The molecule has 80 valence electrons. The number of rotatable bonds is 5. The Bertz CT molecular complexity index is 428. The number of carbonyl (C=O) groups excluding carboxylic acids is 1. The Hall–Kier alpha value is -1.62. The van der Waals surface area contributed by atoms with Gasteiger partial charge in [-0.1, -0.05) is 24.3 Å². The fourth-order valence-corrected chi connectivity index (χ4v) is 1.77. The van der Waals surface area contributed by atoms with E-state index in [2.05, 4.69) is 6.58 Å². The summed E-state index contributed by atoms with van der Waals surface area (Å²) in [5, 5.41) is -1.34. The molecule has 4 nitrogen and oxygen atoms in total. The van der Waals surface area contributed by atoms with Crippen LogP contribution in [0.25, 0.3) is 0 Å². The van der Waals surface area contributed by atoms with E-state index in [9.17, 15) is 13.2 Å². The first-order valence-corrected chi connectivity index (χ1v) is 5.63. The summed E-state index contributed by atoms with van der Waals surface area (Å²) in [6.45, 7) is 3.25. The first-order valence-electron chi connectivity index (χ1n) is 4.16. The fourth-order valence-electron chi connectivity index (χ4n) is 0.907. The molecule has 5 heteroatoms. The minimum atomic E-state index is -3.96. The van der Waals surface area contributed by atoms with E-state index < -0.39 is 15.4 Å². The summed E-state index contributed by atoms with van der Waals surface area (Å²) in [5.41, 5.74) is 0. The van der Waals surface area contributed by atoms with Gasteiger partial charge in [-0.3, -0.25) is 0 Å². The zero-order valence-corrected chi connectivity index (χ0v) is 8.68. The van der Waals surface area contributed by atoms with Gasteiger partial charge >= 0.3 is 10.1 Å². The lowest BCUT2D eigenvalue weighted by atomic mass is 10.3. The van der Waals surface area contributed by atoms with E-state index in [1.165, 1.54) is 12.1 Å². The Balaban J connectivity index is 2.90. The highest BCUT2D eigenvalue weighted by atomic mass is 32.2. The van der Waals surface area contributed by atoms with Gasteiger partial charge < -0.3 is 8.98 Å². The predicted octanol–water partition coefficient (Wildman–Crippen LogP) is 1.15. The Morgan fingerprint density at radius 1 is 1.27 bits per heavy atom. The third-order valence-corrected chi connectivity index (χ3v) is 3.05. The fraction of sp³-hybridized carbons (Fsp3) is 0.100. The van der Waals surface area contributed by atoms with Crippen molar-refractivity contribution in [3.05, 3.63) is 43.0 Å². The van der Waals surface area contributed by atoms with Crippen molar-refractivity contribution >= 4 is 16.4 Å². The lowest BCUT2D eigenvalue weighted by Gasteiger charge is -2.08. The lowest BCUT2D eigenvalue weighted by Crippen LogP contribution is -2.25. The topological polar surface area (TPSA) is 60.4 Å². The van der Waals surface area contributed by atoms with Crippen molar-refractivity contribution in [2.45, 2.75) is 5.25 Å². The molecule has 0 fully saturated rings. The van der Waals surface area contributed by atoms with Crippen LogP contribution in [-0.2, 0) is 14.9 Å². The van der Waals surface area contributed by atoms with E-state index in [1.54, 1.807) is 18.2 Å². The Labute approximate surface area is 88.3 Å². The number of aldehydes is 1. The van der Waals surface area contributed by atoms with Gasteiger partial charge in [0, 0.05) is 0 Å². The van der Waals surface area contributed by atoms with Crippen molar-refractivity contribution < 1.29 is 17.4 Å². The first kappa shape index (κ1) is 11.5. The average Bonchev–Trinajstić information content (AvgIpc) is 2.19. The molecule has 1 aromatic rings. The molecule has 0 spiro atoms. The predicted molar refractivity (Wildman–Crippen MR) is 56.0 cm³/mol. The van der Waals surface area contributed by atoms with E-state index in [4.69, 9.17) is 4.18 Å². The maximum Gasteiger partial charge on any atom is 0.322 e. The number of para-hydroxylation sites is 1. The molecule has 0 bridgehead atoms. The summed E-state index contributed by atoms with van der Waals surface area (Å²) in [6.07, 6.45) is 1.29. The molecular weight excluding hydrogens is 216 g/mol. The van der Waals surface area contributed by atoms with Crippen LogP contribution in [0, 0.1) is 0 Å². The van der Waals surface area contributed by atoms with Gasteiger partial charge in [-0.25, -0.2) is 0 Å². The van der Waals surface area contributed by atoms with Crippen molar-refractivity contribution in [1.29, 1.82) is 0 Å². The highest BCUT2D eigenvalue weighted by Crippen LogP contribution is 2.14. The highest BCUT2D eigenvalue weighted by Gasteiger charge is 2.23. The Morgan fingerprint density at radius 2 is 1.87 bits per heavy atom. The lowest BCUT2D eigenvalue weighted by molar-refractivity contribution is -0.106. The second-order valence-electron chi connectivity index (χ2n) is 2.73. The van der Waals surface area contributed by atoms with Gasteiger partial charge in [0.25, 0.3) is 0 Å². The van der Waals surface area contributed by atoms with Gasteiger partial charge in [0.05, 0.1) is 0 Å².